The van der Waals surface area contributed by atoms with Gasteiger partial charge in [0.05, 0.1) is 12.1 Å². The predicted octanol–water partition coefficient (Wildman–Crippen LogP) is 5.43. The summed E-state index contributed by atoms with van der Waals surface area (Å²) in [5.74, 6) is 0.935. The highest BCUT2D eigenvalue weighted by Crippen LogP contribution is 2.40. The van der Waals surface area contributed by atoms with Crippen LogP contribution in [0.4, 0.5) is 0 Å². The molecule has 1 fully saturated rings. The zero-order valence-electron chi connectivity index (χ0n) is 20.0. The number of methoxy groups -OCH3 is 1. The summed E-state index contributed by atoms with van der Waals surface area (Å²) in [6, 6.07) is 27.6. The second-order valence-corrected chi connectivity index (χ2v) is 8.83. The lowest BCUT2D eigenvalue weighted by molar-refractivity contribution is -0.139. The van der Waals surface area contributed by atoms with E-state index in [2.05, 4.69) is 4.90 Å². The van der Waals surface area contributed by atoms with Gasteiger partial charge in [-0.2, -0.15) is 0 Å². The van der Waals surface area contributed by atoms with Crippen LogP contribution in [0.5, 0.6) is 5.75 Å². The van der Waals surface area contributed by atoms with Crippen molar-refractivity contribution in [3.63, 3.8) is 0 Å². The molecule has 7 heteroatoms. The molecule has 1 aromatic heterocycles. The summed E-state index contributed by atoms with van der Waals surface area (Å²) in [6.45, 7) is 0.978. The number of aromatic nitrogens is 1. The van der Waals surface area contributed by atoms with Gasteiger partial charge in [0.15, 0.2) is 12.4 Å². The molecule has 0 amide bonds. The molecule has 5 rings (SSSR count). The number of hydrogen-bond donors (Lipinski definition) is 1. The minimum Gasteiger partial charge on any atom is -0.482 e. The van der Waals surface area contributed by atoms with Gasteiger partial charge in [-0.3, -0.25) is 4.90 Å². The van der Waals surface area contributed by atoms with E-state index in [-0.39, 0.29) is 18.8 Å². The molecule has 36 heavy (non-hydrogen) atoms. The van der Waals surface area contributed by atoms with E-state index in [0.29, 0.717) is 18.2 Å². The first-order valence-corrected chi connectivity index (χ1v) is 11.9. The van der Waals surface area contributed by atoms with Gasteiger partial charge in [-0.1, -0.05) is 72.8 Å². The number of oxazole rings is 1. The molecule has 1 aliphatic heterocycles. The van der Waals surface area contributed by atoms with E-state index in [9.17, 15) is 4.79 Å². The Morgan fingerprint density at radius 1 is 1.03 bits per heavy atom. The van der Waals surface area contributed by atoms with Gasteiger partial charge in [0.1, 0.15) is 11.4 Å². The highest BCUT2D eigenvalue weighted by Gasteiger charge is 2.37. The number of ether oxygens (including phenoxy) is 2. The molecule has 0 saturated carbocycles. The van der Waals surface area contributed by atoms with Crippen molar-refractivity contribution in [2.45, 2.75) is 25.1 Å². The van der Waals surface area contributed by atoms with Gasteiger partial charge >= 0.3 is 5.97 Å². The minimum atomic E-state index is -1.00. The molecule has 0 unspecified atom stereocenters. The second kappa shape index (κ2) is 10.8. The van der Waals surface area contributed by atoms with Crippen molar-refractivity contribution in [1.29, 1.82) is 0 Å². The largest absolute Gasteiger partial charge is 0.482 e. The van der Waals surface area contributed by atoms with Crippen molar-refractivity contribution < 1.29 is 23.8 Å². The maximum atomic E-state index is 10.9. The lowest BCUT2D eigenvalue weighted by Crippen LogP contribution is -2.25. The van der Waals surface area contributed by atoms with Crippen LogP contribution in [0.25, 0.3) is 22.6 Å². The number of likely N-dealkylation sites (tertiary alicyclic amines) is 1. The van der Waals surface area contributed by atoms with Crippen LogP contribution in [-0.4, -0.2) is 47.3 Å². The van der Waals surface area contributed by atoms with Crippen LogP contribution in [0.3, 0.4) is 0 Å². The van der Waals surface area contributed by atoms with Crippen LogP contribution < -0.4 is 4.74 Å². The fourth-order valence-electron chi connectivity index (χ4n) is 4.63. The number of rotatable bonds is 9. The standard InChI is InChI=1S/C29H28N2O5/c1-34-24-16-25(31(18-24)17-20-9-8-14-23(15-20)35-19-26(32)33)29-30-27(21-10-4-2-5-11-21)28(36-29)22-12-6-3-7-13-22/h2-15,24-25H,16-19H2,1H3,(H,32,33)/t24-,25-/m0/s1. The summed E-state index contributed by atoms with van der Waals surface area (Å²) >= 11 is 0. The van der Waals surface area contributed by atoms with Crippen molar-refractivity contribution in [2.24, 2.45) is 0 Å². The summed E-state index contributed by atoms with van der Waals surface area (Å²) in [4.78, 5) is 18.2. The average Bonchev–Trinajstić information content (AvgIpc) is 3.53. The average molecular weight is 485 g/mol. The summed E-state index contributed by atoms with van der Waals surface area (Å²) in [6.07, 6.45) is 0.808. The van der Waals surface area contributed by atoms with Crippen molar-refractivity contribution >= 4 is 5.97 Å². The zero-order chi connectivity index (χ0) is 24.9. The Labute approximate surface area is 209 Å². The Balaban J connectivity index is 1.47. The number of carboxylic acids is 1. The van der Waals surface area contributed by atoms with E-state index in [1.54, 1.807) is 13.2 Å². The SMILES string of the molecule is CO[C@H]1C[C@@H](c2nc(-c3ccccc3)c(-c3ccccc3)o2)N(Cc2cccc(OCC(=O)O)c2)C1. The second-order valence-electron chi connectivity index (χ2n) is 8.83. The van der Waals surface area contributed by atoms with Crippen LogP contribution in [0.1, 0.15) is 23.9 Å². The van der Waals surface area contributed by atoms with Crippen LogP contribution in [0, 0.1) is 0 Å². The monoisotopic (exact) mass is 484 g/mol. The van der Waals surface area contributed by atoms with E-state index in [1.165, 1.54) is 0 Å². The van der Waals surface area contributed by atoms with Crippen molar-refractivity contribution in [1.82, 2.24) is 9.88 Å². The van der Waals surface area contributed by atoms with Crippen LogP contribution in [-0.2, 0) is 16.1 Å². The molecule has 2 atom stereocenters. The highest BCUT2D eigenvalue weighted by atomic mass is 16.5. The molecule has 0 radical (unpaired) electrons. The van der Waals surface area contributed by atoms with Gasteiger partial charge in [0, 0.05) is 31.3 Å². The van der Waals surface area contributed by atoms with E-state index in [1.807, 2.05) is 78.9 Å². The number of aliphatic carboxylic acids is 1. The number of nitrogens with zero attached hydrogens (tertiary/aromatic N) is 2. The molecule has 184 valence electrons. The maximum Gasteiger partial charge on any atom is 0.341 e. The van der Waals surface area contributed by atoms with Gasteiger partial charge in [-0.25, -0.2) is 9.78 Å². The van der Waals surface area contributed by atoms with E-state index in [4.69, 9.17) is 24.0 Å². The Morgan fingerprint density at radius 3 is 2.44 bits per heavy atom. The van der Waals surface area contributed by atoms with Crippen LogP contribution in [0.2, 0.25) is 0 Å². The molecule has 2 heterocycles. The quantitative estimate of drug-likeness (QED) is 0.339. The normalized spacial score (nSPS) is 17.8. The Bertz CT molecular complexity index is 1250. The minimum absolute atomic E-state index is 0.0497. The van der Waals surface area contributed by atoms with Gasteiger partial charge in [0.25, 0.3) is 0 Å². The Kier molecular flexibility index (Phi) is 7.11. The summed E-state index contributed by atoms with van der Waals surface area (Å²) < 4.78 is 17.6. The van der Waals surface area contributed by atoms with Crippen molar-refractivity contribution in [2.75, 3.05) is 20.3 Å². The number of carbonyl (C=O) groups is 1. The molecule has 3 aromatic carbocycles. The first kappa shape index (κ1) is 23.8. The molecule has 7 nitrogen and oxygen atoms in total. The van der Waals surface area contributed by atoms with Gasteiger partial charge < -0.3 is 19.0 Å². The summed E-state index contributed by atoms with van der Waals surface area (Å²) in [5, 5.41) is 8.92. The molecule has 4 aromatic rings. The first-order valence-electron chi connectivity index (χ1n) is 11.9. The Hall–Kier alpha value is -3.94. The number of carboxylic acid groups (broad SMARTS) is 1. The molecular formula is C29H28N2O5. The van der Waals surface area contributed by atoms with E-state index in [0.717, 1.165) is 41.1 Å². The van der Waals surface area contributed by atoms with Crippen LogP contribution in [0.15, 0.2) is 89.3 Å². The predicted molar refractivity (Wildman–Crippen MR) is 136 cm³/mol. The lowest BCUT2D eigenvalue weighted by Gasteiger charge is -2.22. The zero-order valence-corrected chi connectivity index (χ0v) is 20.0. The third-order valence-electron chi connectivity index (χ3n) is 6.36. The molecule has 1 saturated heterocycles. The van der Waals surface area contributed by atoms with E-state index >= 15 is 0 Å². The summed E-state index contributed by atoms with van der Waals surface area (Å²) in [7, 11) is 1.73. The van der Waals surface area contributed by atoms with Crippen molar-refractivity contribution in [3.8, 4) is 28.3 Å². The topological polar surface area (TPSA) is 85.0 Å². The molecule has 0 aliphatic carbocycles. The summed E-state index contributed by atoms with van der Waals surface area (Å²) in [5.41, 5.74) is 3.81. The van der Waals surface area contributed by atoms with Gasteiger partial charge in [-0.15, -0.1) is 0 Å². The maximum absolute atomic E-state index is 10.9. The number of hydrogen-bond acceptors (Lipinski definition) is 6. The molecule has 1 N–H and O–H groups in total. The fraction of sp³-hybridized carbons (Fsp3) is 0.241. The third-order valence-corrected chi connectivity index (χ3v) is 6.36. The van der Waals surface area contributed by atoms with Crippen molar-refractivity contribution in [3.05, 3.63) is 96.4 Å². The van der Waals surface area contributed by atoms with Gasteiger partial charge in [0.2, 0.25) is 5.89 Å². The van der Waals surface area contributed by atoms with E-state index < -0.39 is 5.97 Å². The molecule has 0 spiro atoms. The lowest BCUT2D eigenvalue weighted by atomic mass is 10.1. The fourth-order valence-corrected chi connectivity index (χ4v) is 4.63. The van der Waals surface area contributed by atoms with Gasteiger partial charge in [-0.05, 0) is 24.1 Å². The smallest absolute Gasteiger partial charge is 0.341 e. The first-order chi connectivity index (χ1) is 17.6. The highest BCUT2D eigenvalue weighted by molar-refractivity contribution is 5.76. The number of benzene rings is 3. The molecule has 0 bridgehead atoms. The van der Waals surface area contributed by atoms with Crippen LogP contribution >= 0.6 is 0 Å². The third kappa shape index (κ3) is 5.32. The Morgan fingerprint density at radius 2 is 1.75 bits per heavy atom. The molecule has 1 aliphatic rings. The molecular weight excluding hydrogens is 456 g/mol.